The summed E-state index contributed by atoms with van der Waals surface area (Å²) in [7, 11) is -3.07. The summed E-state index contributed by atoms with van der Waals surface area (Å²) in [5, 5.41) is 6.73. The second-order valence-electron chi connectivity index (χ2n) is 7.54. The summed E-state index contributed by atoms with van der Waals surface area (Å²) in [6.45, 7) is 4.91. The van der Waals surface area contributed by atoms with Crippen molar-refractivity contribution < 1.29 is 22.5 Å². The Hall–Kier alpha value is -2.10. The van der Waals surface area contributed by atoms with Crippen molar-refractivity contribution in [2.75, 3.05) is 36.5 Å². The molecule has 0 aliphatic carbocycles. The zero-order valence-electron chi connectivity index (χ0n) is 16.4. The van der Waals surface area contributed by atoms with Gasteiger partial charge in [-0.3, -0.25) is 10.1 Å². The Morgan fingerprint density at radius 1 is 1.29 bits per heavy atom. The van der Waals surface area contributed by atoms with Crippen LogP contribution in [0.2, 0.25) is 0 Å². The van der Waals surface area contributed by atoms with Crippen molar-refractivity contribution in [1.82, 2.24) is 15.0 Å². The lowest BCUT2D eigenvalue weighted by Crippen LogP contribution is -2.56. The summed E-state index contributed by atoms with van der Waals surface area (Å²) in [5.74, 6) is 0.157. The van der Waals surface area contributed by atoms with Crippen LogP contribution in [0, 0.1) is 0 Å². The van der Waals surface area contributed by atoms with E-state index in [1.165, 1.54) is 4.90 Å². The summed E-state index contributed by atoms with van der Waals surface area (Å²) in [6, 6.07) is 0.848. The molecule has 0 radical (unpaired) electrons. The first-order chi connectivity index (χ1) is 13.3. The lowest BCUT2D eigenvalue weighted by atomic mass is 10.0. The molecule has 1 unspecified atom stereocenters. The zero-order valence-corrected chi connectivity index (χ0v) is 17.2. The predicted molar refractivity (Wildman–Crippen MR) is 104 cm³/mol. The molecular formula is C18H28N4O5S. The van der Waals surface area contributed by atoms with Crippen LogP contribution in [0.1, 0.15) is 51.1 Å². The van der Waals surface area contributed by atoms with E-state index in [0.717, 1.165) is 25.0 Å². The fraction of sp³-hybridized carbons (Fsp3) is 0.722. The molecule has 3 heterocycles. The van der Waals surface area contributed by atoms with Gasteiger partial charge in [0.05, 0.1) is 17.2 Å². The van der Waals surface area contributed by atoms with Crippen molar-refractivity contribution in [2.45, 2.75) is 51.5 Å². The number of rotatable bonds is 4. The van der Waals surface area contributed by atoms with Gasteiger partial charge in [-0.05, 0) is 25.7 Å². The molecule has 2 aliphatic heterocycles. The van der Waals surface area contributed by atoms with Crippen LogP contribution in [0.5, 0.6) is 0 Å². The van der Waals surface area contributed by atoms with E-state index >= 15 is 0 Å². The number of sulfone groups is 1. The maximum atomic E-state index is 12.9. The second-order valence-corrected chi connectivity index (χ2v) is 9.84. The molecule has 3 amide bonds. The number of likely N-dealkylation sites (tertiary alicyclic amines) is 1. The van der Waals surface area contributed by atoms with Crippen LogP contribution in [-0.4, -0.2) is 72.5 Å². The number of urea groups is 1. The van der Waals surface area contributed by atoms with Gasteiger partial charge in [-0.25, -0.2) is 13.2 Å². The Labute approximate surface area is 165 Å². The molecule has 10 heteroatoms. The van der Waals surface area contributed by atoms with Crippen LogP contribution >= 0.6 is 0 Å². The van der Waals surface area contributed by atoms with Gasteiger partial charge in [0.2, 0.25) is 11.8 Å². The standard InChI is InChI=1S/C18H28N4O5S/c1-3-13(2)14-12-16(27-20-14)19-17(23)15-6-4-5-7-22(15)18(24)21-8-10-28(25,26)11-9-21/h12-13,15H,3-11H2,1-2H3,(H,19,23)/t13?,15-/m0/s1. The van der Waals surface area contributed by atoms with Crippen LogP contribution in [0.15, 0.2) is 10.6 Å². The number of carbonyl (C=O) groups excluding carboxylic acids is 2. The van der Waals surface area contributed by atoms with E-state index < -0.39 is 15.9 Å². The Kier molecular flexibility index (Phi) is 6.26. The number of nitrogens with zero attached hydrogens (tertiary/aromatic N) is 3. The van der Waals surface area contributed by atoms with Crippen molar-refractivity contribution >= 4 is 27.7 Å². The van der Waals surface area contributed by atoms with E-state index in [4.69, 9.17) is 4.52 Å². The van der Waals surface area contributed by atoms with Crippen LogP contribution in [-0.2, 0) is 14.6 Å². The molecule has 9 nitrogen and oxygen atoms in total. The maximum absolute atomic E-state index is 12.9. The topological polar surface area (TPSA) is 113 Å². The van der Waals surface area contributed by atoms with Gasteiger partial charge in [0.15, 0.2) is 9.84 Å². The number of hydrogen-bond acceptors (Lipinski definition) is 6. The van der Waals surface area contributed by atoms with Gasteiger partial charge >= 0.3 is 6.03 Å². The summed E-state index contributed by atoms with van der Waals surface area (Å²) in [6.07, 6.45) is 3.15. The molecule has 2 aliphatic rings. The van der Waals surface area contributed by atoms with Crippen molar-refractivity contribution in [2.24, 2.45) is 0 Å². The molecule has 1 aromatic heterocycles. The van der Waals surface area contributed by atoms with Crippen LogP contribution in [0.25, 0.3) is 0 Å². The Balaban J connectivity index is 1.66. The lowest BCUT2D eigenvalue weighted by molar-refractivity contribution is -0.121. The number of anilines is 1. The monoisotopic (exact) mass is 412 g/mol. The van der Waals surface area contributed by atoms with Crippen molar-refractivity contribution in [3.8, 4) is 0 Å². The summed E-state index contributed by atoms with van der Waals surface area (Å²) < 4.78 is 28.4. The van der Waals surface area contributed by atoms with Crippen molar-refractivity contribution in [3.63, 3.8) is 0 Å². The summed E-state index contributed by atoms with van der Waals surface area (Å²) in [4.78, 5) is 28.8. The zero-order chi connectivity index (χ0) is 20.3. The first-order valence-corrected chi connectivity index (χ1v) is 11.7. The van der Waals surface area contributed by atoms with E-state index in [2.05, 4.69) is 17.4 Å². The third kappa shape index (κ3) is 4.65. The molecule has 0 bridgehead atoms. The average Bonchev–Trinajstić information content (AvgIpc) is 3.15. The van der Waals surface area contributed by atoms with Crippen LogP contribution in [0.3, 0.4) is 0 Å². The van der Waals surface area contributed by atoms with E-state index in [0.29, 0.717) is 13.0 Å². The molecular weight excluding hydrogens is 384 g/mol. The molecule has 1 aromatic rings. The average molecular weight is 413 g/mol. The highest BCUT2D eigenvalue weighted by Crippen LogP contribution is 2.24. The largest absolute Gasteiger partial charge is 0.338 e. The molecule has 156 valence electrons. The number of hydrogen-bond donors (Lipinski definition) is 1. The third-order valence-electron chi connectivity index (χ3n) is 5.56. The number of carbonyl (C=O) groups is 2. The highest BCUT2D eigenvalue weighted by Gasteiger charge is 2.36. The highest BCUT2D eigenvalue weighted by molar-refractivity contribution is 7.91. The number of amides is 3. The summed E-state index contributed by atoms with van der Waals surface area (Å²) >= 11 is 0. The predicted octanol–water partition coefficient (Wildman–Crippen LogP) is 1.83. The molecule has 3 rings (SSSR count). The normalized spacial score (nSPS) is 23.3. The Morgan fingerprint density at radius 2 is 2.00 bits per heavy atom. The molecule has 1 N–H and O–H groups in total. The molecule has 0 saturated carbocycles. The Bertz CT molecular complexity index is 808. The fourth-order valence-electron chi connectivity index (χ4n) is 3.51. The van der Waals surface area contributed by atoms with Crippen LogP contribution < -0.4 is 5.32 Å². The molecule has 2 saturated heterocycles. The molecule has 0 aromatic carbocycles. The smallest absolute Gasteiger partial charge is 0.320 e. The fourth-order valence-corrected chi connectivity index (χ4v) is 4.71. The lowest BCUT2D eigenvalue weighted by Gasteiger charge is -2.39. The van der Waals surface area contributed by atoms with Crippen molar-refractivity contribution in [3.05, 3.63) is 11.8 Å². The van der Waals surface area contributed by atoms with Gasteiger partial charge in [-0.2, -0.15) is 0 Å². The molecule has 28 heavy (non-hydrogen) atoms. The van der Waals surface area contributed by atoms with E-state index in [9.17, 15) is 18.0 Å². The number of aromatic nitrogens is 1. The molecule has 2 atom stereocenters. The minimum Gasteiger partial charge on any atom is -0.338 e. The van der Waals surface area contributed by atoms with E-state index in [1.54, 1.807) is 11.0 Å². The van der Waals surface area contributed by atoms with Crippen molar-refractivity contribution in [1.29, 1.82) is 0 Å². The van der Waals surface area contributed by atoms with Gasteiger partial charge in [-0.15, -0.1) is 0 Å². The first-order valence-electron chi connectivity index (χ1n) is 9.84. The summed E-state index contributed by atoms with van der Waals surface area (Å²) in [5.41, 5.74) is 0.781. The first kappa shape index (κ1) is 20.6. The number of piperidine rings is 1. The van der Waals surface area contributed by atoms with Crippen LogP contribution in [0.4, 0.5) is 10.7 Å². The third-order valence-corrected chi connectivity index (χ3v) is 7.17. The minimum absolute atomic E-state index is 0.0279. The van der Waals surface area contributed by atoms with Gasteiger partial charge in [-0.1, -0.05) is 19.0 Å². The number of nitrogens with one attached hydrogen (secondary N) is 1. The molecule has 2 fully saturated rings. The molecule has 0 spiro atoms. The Morgan fingerprint density at radius 3 is 2.68 bits per heavy atom. The quantitative estimate of drug-likeness (QED) is 0.807. The highest BCUT2D eigenvalue weighted by atomic mass is 32.2. The second kappa shape index (κ2) is 8.50. The van der Waals surface area contributed by atoms with Gasteiger partial charge in [0.25, 0.3) is 0 Å². The van der Waals surface area contributed by atoms with E-state index in [1.807, 2.05) is 6.92 Å². The van der Waals surface area contributed by atoms with Gasteiger partial charge in [0, 0.05) is 31.6 Å². The SMILES string of the molecule is CCC(C)c1cc(NC(=O)[C@@H]2CCCCN2C(=O)N2CCS(=O)(=O)CC2)on1. The van der Waals surface area contributed by atoms with E-state index in [-0.39, 0.29) is 48.3 Å². The maximum Gasteiger partial charge on any atom is 0.320 e. The van der Waals surface area contributed by atoms with Gasteiger partial charge < -0.3 is 14.3 Å². The minimum atomic E-state index is -3.07. The van der Waals surface area contributed by atoms with Gasteiger partial charge in [0.1, 0.15) is 6.04 Å².